The molecule has 0 aliphatic rings. The molecular weight excluding hydrogens is 422 g/mol. The van der Waals surface area contributed by atoms with Crippen molar-refractivity contribution in [3.63, 3.8) is 0 Å². The van der Waals surface area contributed by atoms with Crippen LogP contribution in [-0.4, -0.2) is 91.5 Å². The van der Waals surface area contributed by atoms with Crippen LogP contribution < -0.4 is 0 Å². The van der Waals surface area contributed by atoms with Gasteiger partial charge in [-0.3, -0.25) is 0 Å². The van der Waals surface area contributed by atoms with Gasteiger partial charge < -0.3 is 19.1 Å². The topological polar surface area (TPSA) is 19.0 Å². The second kappa shape index (κ2) is 22.5. The summed E-state index contributed by atoms with van der Waals surface area (Å²) in [5.74, 6) is 0. The average Bonchev–Trinajstić information content (AvgIpc) is 2.76. The Morgan fingerprint density at radius 3 is 1.33 bits per heavy atom. The van der Waals surface area contributed by atoms with Gasteiger partial charge in [0.25, 0.3) is 0 Å². The molecule has 0 saturated carbocycles. The summed E-state index contributed by atoms with van der Waals surface area (Å²) in [5.41, 5.74) is 0.522. The van der Waals surface area contributed by atoms with Gasteiger partial charge in [-0.2, -0.15) is 0 Å². The van der Waals surface area contributed by atoms with Crippen molar-refractivity contribution in [1.29, 1.82) is 0 Å². The molecule has 0 bridgehead atoms. The number of rotatable bonds is 25. The Kier molecular flexibility index (Phi) is 22.6. The van der Waals surface area contributed by atoms with E-state index < -0.39 is 0 Å². The molecule has 0 spiro atoms. The Morgan fingerprint density at radius 1 is 0.545 bits per heavy atom. The minimum Gasteiger partial charge on any atom is -0.424 e. The summed E-state index contributed by atoms with van der Waals surface area (Å²) in [4.78, 5) is 7.62. The van der Waals surface area contributed by atoms with Crippen LogP contribution >= 0.6 is 0 Å². The molecule has 200 valence electrons. The molecular formula is C28H63N3OSi. The lowest BCUT2D eigenvalue weighted by atomic mass is 9.73. The lowest BCUT2D eigenvalue weighted by Crippen LogP contribution is -2.29. The van der Waals surface area contributed by atoms with Gasteiger partial charge in [-0.05, 0) is 142 Å². The zero-order chi connectivity index (χ0) is 24.8. The van der Waals surface area contributed by atoms with Crippen molar-refractivity contribution in [2.75, 3.05) is 67.0 Å². The normalized spacial score (nSPS) is 12.9. The van der Waals surface area contributed by atoms with E-state index in [-0.39, 0.29) is 9.76 Å². The minimum atomic E-state index is -0.361. The first-order valence-corrected chi connectivity index (χ1v) is 16.1. The standard InChI is InChI=1S/C28H63N3OSi/c1-8-12-26-32-33-27-19-28(16-13-23-29(5)20-9-2,17-14-24-30(6)21-10-3)18-15-25-31(7)22-11-4/h8-27,33H2,1-7H3. The van der Waals surface area contributed by atoms with Crippen LogP contribution in [0.15, 0.2) is 0 Å². The van der Waals surface area contributed by atoms with Gasteiger partial charge in [-0.1, -0.05) is 34.1 Å². The first-order valence-electron chi connectivity index (χ1n) is 14.6. The van der Waals surface area contributed by atoms with Crippen LogP contribution in [0, 0.1) is 5.41 Å². The van der Waals surface area contributed by atoms with Crippen LogP contribution in [0.3, 0.4) is 0 Å². The molecule has 0 aromatic rings. The molecule has 0 aliphatic heterocycles. The molecule has 0 unspecified atom stereocenters. The van der Waals surface area contributed by atoms with Gasteiger partial charge in [0.2, 0.25) is 0 Å². The molecule has 0 heterocycles. The van der Waals surface area contributed by atoms with E-state index >= 15 is 0 Å². The van der Waals surface area contributed by atoms with E-state index in [0.717, 1.165) is 6.61 Å². The Morgan fingerprint density at radius 2 is 0.970 bits per heavy atom. The van der Waals surface area contributed by atoms with Crippen LogP contribution in [0.2, 0.25) is 6.04 Å². The van der Waals surface area contributed by atoms with E-state index in [1.165, 1.54) is 122 Å². The summed E-state index contributed by atoms with van der Waals surface area (Å²) < 4.78 is 6.11. The highest BCUT2D eigenvalue weighted by atomic mass is 28.2. The van der Waals surface area contributed by atoms with E-state index in [4.69, 9.17) is 4.43 Å². The second-order valence-electron chi connectivity index (χ2n) is 10.8. The first-order chi connectivity index (χ1) is 15.9. The maximum absolute atomic E-state index is 6.11. The van der Waals surface area contributed by atoms with Gasteiger partial charge in [-0.25, -0.2) is 0 Å². The number of hydrogen-bond acceptors (Lipinski definition) is 4. The van der Waals surface area contributed by atoms with Gasteiger partial charge in [0, 0.05) is 6.61 Å². The smallest absolute Gasteiger partial charge is 0.161 e. The van der Waals surface area contributed by atoms with Crippen LogP contribution in [0.5, 0.6) is 0 Å². The summed E-state index contributed by atoms with van der Waals surface area (Å²) in [5, 5.41) is 0. The van der Waals surface area contributed by atoms with E-state index in [1.807, 2.05) is 0 Å². The molecule has 0 saturated heterocycles. The Balaban J connectivity index is 5.06. The van der Waals surface area contributed by atoms with Gasteiger partial charge >= 0.3 is 0 Å². The van der Waals surface area contributed by atoms with Crippen LogP contribution in [0.25, 0.3) is 0 Å². The van der Waals surface area contributed by atoms with Gasteiger partial charge in [0.05, 0.1) is 0 Å². The Labute approximate surface area is 212 Å². The molecule has 0 radical (unpaired) electrons. The average molecular weight is 486 g/mol. The highest BCUT2D eigenvalue weighted by Crippen LogP contribution is 2.40. The van der Waals surface area contributed by atoms with Crippen LogP contribution in [-0.2, 0) is 4.43 Å². The fraction of sp³-hybridized carbons (Fsp3) is 1.00. The molecule has 0 rings (SSSR count). The maximum Gasteiger partial charge on any atom is 0.161 e. The molecule has 0 amide bonds. The van der Waals surface area contributed by atoms with Crippen molar-refractivity contribution in [1.82, 2.24) is 14.7 Å². The van der Waals surface area contributed by atoms with Crippen molar-refractivity contribution in [2.45, 2.75) is 111 Å². The Hall–Kier alpha value is 0.0569. The van der Waals surface area contributed by atoms with Gasteiger partial charge in [0.15, 0.2) is 9.76 Å². The monoisotopic (exact) mass is 485 g/mol. The van der Waals surface area contributed by atoms with Gasteiger partial charge in [0.1, 0.15) is 0 Å². The van der Waals surface area contributed by atoms with Crippen molar-refractivity contribution in [2.24, 2.45) is 5.41 Å². The molecule has 0 aromatic heterocycles. The zero-order valence-corrected chi connectivity index (χ0v) is 25.5. The quantitative estimate of drug-likeness (QED) is 0.116. The van der Waals surface area contributed by atoms with E-state index in [0.29, 0.717) is 5.41 Å². The third-order valence-electron chi connectivity index (χ3n) is 7.19. The van der Waals surface area contributed by atoms with Crippen molar-refractivity contribution in [3.8, 4) is 0 Å². The molecule has 33 heavy (non-hydrogen) atoms. The third kappa shape index (κ3) is 19.0. The maximum atomic E-state index is 6.11. The van der Waals surface area contributed by atoms with E-state index in [9.17, 15) is 0 Å². The molecule has 0 fully saturated rings. The highest BCUT2D eigenvalue weighted by molar-refractivity contribution is 6.27. The first kappa shape index (κ1) is 33.1. The SMILES string of the molecule is CCCCO[SiH2]CCC(CCCN(C)CCC)(CCCN(C)CCC)CCCN(C)CCC. The number of unbranched alkanes of at least 4 members (excludes halogenated alkanes) is 1. The molecule has 5 heteroatoms. The summed E-state index contributed by atoms with van der Waals surface area (Å²) in [6.45, 7) is 17.6. The Bertz CT molecular complexity index is 365. The third-order valence-corrected chi connectivity index (χ3v) is 8.41. The summed E-state index contributed by atoms with van der Waals surface area (Å²) in [6.07, 6.45) is 15.9. The van der Waals surface area contributed by atoms with Crippen molar-refractivity contribution >= 4 is 9.76 Å². The molecule has 0 atom stereocenters. The largest absolute Gasteiger partial charge is 0.424 e. The summed E-state index contributed by atoms with van der Waals surface area (Å²) in [7, 11) is 6.55. The zero-order valence-electron chi connectivity index (χ0n) is 24.1. The number of nitrogens with zero attached hydrogens (tertiary/aromatic N) is 3. The predicted octanol–water partition coefficient (Wildman–Crippen LogP) is 6.05. The van der Waals surface area contributed by atoms with Crippen molar-refractivity contribution in [3.05, 3.63) is 0 Å². The predicted molar refractivity (Wildman–Crippen MR) is 152 cm³/mol. The highest BCUT2D eigenvalue weighted by Gasteiger charge is 2.29. The van der Waals surface area contributed by atoms with Crippen LogP contribution in [0.4, 0.5) is 0 Å². The van der Waals surface area contributed by atoms with E-state index in [1.54, 1.807) is 0 Å². The second-order valence-corrected chi connectivity index (χ2v) is 12.3. The fourth-order valence-electron chi connectivity index (χ4n) is 5.30. The van der Waals surface area contributed by atoms with E-state index in [2.05, 4.69) is 63.5 Å². The molecule has 0 aliphatic carbocycles. The minimum absolute atomic E-state index is 0.361. The van der Waals surface area contributed by atoms with Crippen LogP contribution in [0.1, 0.15) is 105 Å². The molecule has 4 nitrogen and oxygen atoms in total. The fourth-order valence-corrected chi connectivity index (χ4v) is 6.81. The van der Waals surface area contributed by atoms with Crippen molar-refractivity contribution < 1.29 is 4.43 Å². The lowest BCUT2D eigenvalue weighted by molar-refractivity contribution is 0.162. The lowest BCUT2D eigenvalue weighted by Gasteiger charge is -2.36. The summed E-state index contributed by atoms with van der Waals surface area (Å²) in [6, 6.07) is 1.37. The summed E-state index contributed by atoms with van der Waals surface area (Å²) >= 11 is 0. The molecule has 0 N–H and O–H groups in total. The van der Waals surface area contributed by atoms with Gasteiger partial charge in [-0.15, -0.1) is 0 Å². The number of hydrogen-bond donors (Lipinski definition) is 0. The molecule has 0 aromatic carbocycles.